The number of hydrogen-bond acceptors (Lipinski definition) is 4. The molecule has 0 spiro atoms. The van der Waals surface area contributed by atoms with E-state index in [1.54, 1.807) is 0 Å². The molecule has 1 aliphatic heterocycles. The third-order valence-corrected chi connectivity index (χ3v) is 2.54. The normalized spacial score (nSPS) is 14.7. The molecule has 0 saturated carbocycles. The van der Waals surface area contributed by atoms with Gasteiger partial charge in [0.25, 0.3) is 11.6 Å². The average molecular weight is 251 g/mol. The molecule has 18 heavy (non-hydrogen) atoms. The number of nitro benzene ring substituents is 1. The number of non-ortho nitro benzene ring substituents is 1. The largest absolute Gasteiger partial charge is 0.274 e. The topological polar surface area (TPSA) is 95.6 Å². The van der Waals surface area contributed by atoms with Crippen LogP contribution in [0.15, 0.2) is 24.3 Å². The van der Waals surface area contributed by atoms with E-state index < -0.39 is 10.8 Å². The van der Waals surface area contributed by atoms with Crippen LogP contribution in [0.2, 0.25) is 0 Å². The highest BCUT2D eigenvalue weighted by Crippen LogP contribution is 2.13. The highest BCUT2D eigenvalue weighted by Gasteiger charge is 2.29. The van der Waals surface area contributed by atoms with Crippen LogP contribution in [0.5, 0.6) is 0 Å². The molecule has 8 heteroatoms. The van der Waals surface area contributed by atoms with Crippen molar-refractivity contribution < 1.29 is 14.6 Å². The van der Waals surface area contributed by atoms with Gasteiger partial charge in [-0.3, -0.25) is 14.9 Å². The van der Waals surface area contributed by atoms with Crippen LogP contribution >= 0.6 is 0 Å². The predicted octanol–water partition coefficient (Wildman–Crippen LogP) is 0.639. The molecule has 1 N–H and O–H groups in total. The maximum Gasteiger partial charge on any atom is 0.274 e. The number of amides is 1. The molecule has 1 fully saturated rings. The van der Waals surface area contributed by atoms with E-state index in [9.17, 15) is 19.8 Å². The first kappa shape index (κ1) is 12.0. The van der Waals surface area contributed by atoms with Gasteiger partial charge in [-0.1, -0.05) is 6.07 Å². The number of hydrogen-bond donors (Lipinski definition) is 1. The number of carbonyl (C=O) groups excluding carboxylic acids is 1. The SMILES string of the molecule is O=C(NN1CCC[N+]1=O)c1cccc([N+](=O)[O-])c1. The summed E-state index contributed by atoms with van der Waals surface area (Å²) in [6, 6.07) is 5.34. The van der Waals surface area contributed by atoms with Crippen LogP contribution in [0.25, 0.3) is 0 Å². The van der Waals surface area contributed by atoms with Crippen LogP contribution in [0.4, 0.5) is 5.69 Å². The standard InChI is InChI=1S/C10H10N4O4/c15-10(11-12-5-2-6-13(12)16)8-3-1-4-9(7-8)14(17)18/h1,3-4,7H,2,5-6H2/p+1. The third kappa shape index (κ3) is 2.42. The summed E-state index contributed by atoms with van der Waals surface area (Å²) in [5.41, 5.74) is 2.38. The zero-order chi connectivity index (χ0) is 13.1. The summed E-state index contributed by atoms with van der Waals surface area (Å²) in [6.07, 6.45) is 0.665. The third-order valence-electron chi connectivity index (χ3n) is 2.54. The number of nitroso groups, excluding NO2 is 1. The Kier molecular flexibility index (Phi) is 3.18. The van der Waals surface area contributed by atoms with Crippen molar-refractivity contribution in [3.05, 3.63) is 44.9 Å². The predicted molar refractivity (Wildman–Crippen MR) is 60.4 cm³/mol. The van der Waals surface area contributed by atoms with Crippen molar-refractivity contribution >= 4 is 11.6 Å². The number of hydrazine groups is 2. The van der Waals surface area contributed by atoms with Crippen LogP contribution < -0.4 is 5.43 Å². The number of carbonyl (C=O) groups is 1. The van der Waals surface area contributed by atoms with Gasteiger partial charge in [-0.25, -0.2) is 5.43 Å². The van der Waals surface area contributed by atoms with Crippen LogP contribution in [-0.2, 0) is 0 Å². The lowest BCUT2D eigenvalue weighted by Gasteiger charge is -2.08. The first-order chi connectivity index (χ1) is 8.58. The average Bonchev–Trinajstić information content (AvgIpc) is 2.75. The molecule has 1 aliphatic rings. The molecule has 2 rings (SSSR count). The van der Waals surface area contributed by atoms with Crippen molar-refractivity contribution in [3.63, 3.8) is 0 Å². The van der Waals surface area contributed by atoms with Crippen molar-refractivity contribution in [1.82, 2.24) is 10.5 Å². The van der Waals surface area contributed by atoms with Gasteiger partial charge in [0.2, 0.25) is 6.54 Å². The first-order valence-corrected chi connectivity index (χ1v) is 5.35. The van der Waals surface area contributed by atoms with Gasteiger partial charge in [0.15, 0.2) is 0 Å². The molecule has 0 bridgehead atoms. The zero-order valence-electron chi connectivity index (χ0n) is 9.41. The van der Waals surface area contributed by atoms with Gasteiger partial charge in [0.05, 0.1) is 9.83 Å². The van der Waals surface area contributed by atoms with E-state index in [4.69, 9.17) is 0 Å². The second-order valence-electron chi connectivity index (χ2n) is 3.80. The number of benzene rings is 1. The van der Waals surface area contributed by atoms with Gasteiger partial charge in [0, 0.05) is 24.1 Å². The molecule has 0 atom stereocenters. The smallest absolute Gasteiger partial charge is 0.267 e. The van der Waals surface area contributed by atoms with Crippen LogP contribution in [0, 0.1) is 15.0 Å². The van der Waals surface area contributed by atoms with Gasteiger partial charge in [-0.15, -0.1) is 0 Å². The minimum absolute atomic E-state index is 0.143. The molecule has 8 nitrogen and oxygen atoms in total. The van der Waals surface area contributed by atoms with Gasteiger partial charge >= 0.3 is 0 Å². The van der Waals surface area contributed by atoms with Crippen LogP contribution in [0.1, 0.15) is 16.8 Å². The fourth-order valence-electron chi connectivity index (χ4n) is 1.64. The van der Waals surface area contributed by atoms with Crippen molar-refractivity contribution in [2.24, 2.45) is 0 Å². The lowest BCUT2D eigenvalue weighted by molar-refractivity contribution is -0.694. The lowest BCUT2D eigenvalue weighted by atomic mass is 10.2. The molecule has 1 aromatic rings. The fourth-order valence-corrected chi connectivity index (χ4v) is 1.64. The van der Waals surface area contributed by atoms with Crippen molar-refractivity contribution in [2.75, 3.05) is 13.1 Å². The molecule has 1 amide bonds. The summed E-state index contributed by atoms with van der Waals surface area (Å²) >= 11 is 0. The van der Waals surface area contributed by atoms with Crippen molar-refractivity contribution in [3.8, 4) is 0 Å². The summed E-state index contributed by atoms with van der Waals surface area (Å²) in [7, 11) is 0. The summed E-state index contributed by atoms with van der Waals surface area (Å²) in [6.45, 7) is 0.763. The van der Waals surface area contributed by atoms with Gasteiger partial charge in [-0.2, -0.15) is 0 Å². The van der Waals surface area contributed by atoms with E-state index in [0.29, 0.717) is 24.4 Å². The van der Waals surface area contributed by atoms with Gasteiger partial charge < -0.3 is 0 Å². The van der Waals surface area contributed by atoms with E-state index in [-0.39, 0.29) is 11.3 Å². The minimum Gasteiger partial charge on any atom is -0.267 e. The van der Waals surface area contributed by atoms with Crippen LogP contribution in [-0.4, -0.2) is 33.9 Å². The van der Waals surface area contributed by atoms with Crippen LogP contribution in [0.3, 0.4) is 0 Å². The Hall–Kier alpha value is -2.51. The molecule has 1 saturated heterocycles. The summed E-state index contributed by atoms with van der Waals surface area (Å²) < 4.78 is 0. The molecule has 0 aromatic heterocycles. The molecule has 1 aromatic carbocycles. The van der Waals surface area contributed by atoms with E-state index in [1.807, 2.05) is 0 Å². The Bertz CT molecular complexity index is 516. The zero-order valence-corrected chi connectivity index (χ0v) is 9.41. The Morgan fingerprint density at radius 2 is 2.28 bits per heavy atom. The molecule has 0 unspecified atom stereocenters. The second-order valence-corrected chi connectivity index (χ2v) is 3.80. The molecule has 1 heterocycles. The van der Waals surface area contributed by atoms with Gasteiger partial charge in [0.1, 0.15) is 11.4 Å². The summed E-state index contributed by atoms with van der Waals surface area (Å²) in [5, 5.41) is 11.7. The molecular formula is C10H11N4O4+. The number of rotatable bonds is 3. The number of nitro groups is 1. The molecular weight excluding hydrogens is 240 g/mol. The fraction of sp³-hybridized carbons (Fsp3) is 0.300. The molecule has 0 radical (unpaired) electrons. The highest BCUT2D eigenvalue weighted by atomic mass is 16.6. The van der Waals surface area contributed by atoms with Crippen molar-refractivity contribution in [2.45, 2.75) is 6.42 Å². The Labute approximate surface area is 102 Å². The summed E-state index contributed by atoms with van der Waals surface area (Å²) in [5.74, 6) is -0.540. The monoisotopic (exact) mass is 251 g/mol. The van der Waals surface area contributed by atoms with E-state index in [1.165, 1.54) is 24.3 Å². The molecule has 94 valence electrons. The lowest BCUT2D eigenvalue weighted by Crippen LogP contribution is -2.43. The maximum atomic E-state index is 11.8. The number of nitrogens with zero attached hydrogens (tertiary/aromatic N) is 3. The minimum atomic E-state index is -0.577. The Morgan fingerprint density at radius 3 is 2.89 bits per heavy atom. The highest BCUT2D eigenvalue weighted by molar-refractivity contribution is 5.94. The Balaban J connectivity index is 2.11. The molecule has 0 aliphatic carbocycles. The summed E-state index contributed by atoms with van der Waals surface area (Å²) in [4.78, 5) is 33.7. The first-order valence-electron chi connectivity index (χ1n) is 5.35. The van der Waals surface area contributed by atoms with Gasteiger partial charge in [-0.05, 0) is 11.2 Å². The van der Waals surface area contributed by atoms with Crippen molar-refractivity contribution in [1.29, 1.82) is 0 Å². The van der Waals surface area contributed by atoms with E-state index >= 15 is 0 Å². The Morgan fingerprint density at radius 1 is 1.50 bits per heavy atom. The maximum absolute atomic E-state index is 11.8. The van der Waals surface area contributed by atoms with E-state index in [2.05, 4.69) is 5.43 Å². The quantitative estimate of drug-likeness (QED) is 0.483. The number of nitrogens with one attached hydrogen (secondary N) is 1. The second kappa shape index (κ2) is 4.78. The van der Waals surface area contributed by atoms with E-state index in [0.717, 1.165) is 5.12 Å².